The van der Waals surface area contributed by atoms with E-state index < -0.39 is 0 Å². The van der Waals surface area contributed by atoms with E-state index in [4.69, 9.17) is 9.47 Å². The molecule has 22 heavy (non-hydrogen) atoms. The molecule has 1 aromatic heterocycles. The Morgan fingerprint density at radius 2 is 2.14 bits per heavy atom. The Morgan fingerprint density at radius 1 is 1.32 bits per heavy atom. The van der Waals surface area contributed by atoms with Crippen LogP contribution in [0.4, 0.5) is 5.69 Å². The Bertz CT molecular complexity index is 639. The highest BCUT2D eigenvalue weighted by molar-refractivity contribution is 6.05. The average Bonchev–Trinajstić information content (AvgIpc) is 3.07. The molecule has 0 radical (unpaired) electrons. The summed E-state index contributed by atoms with van der Waals surface area (Å²) in [5, 5.41) is 0. The van der Waals surface area contributed by atoms with Gasteiger partial charge in [0.05, 0.1) is 13.2 Å². The Labute approximate surface area is 129 Å². The van der Waals surface area contributed by atoms with Crippen LogP contribution in [-0.4, -0.2) is 37.3 Å². The van der Waals surface area contributed by atoms with Crippen molar-refractivity contribution in [2.75, 3.05) is 25.2 Å². The SMILES string of the molecule is CN(C(=O)c1ccnc(OC2CCOC2)c1)c1ccccc1. The zero-order valence-corrected chi connectivity index (χ0v) is 12.4. The van der Waals surface area contributed by atoms with Crippen LogP contribution >= 0.6 is 0 Å². The molecule has 0 saturated carbocycles. The molecule has 1 unspecified atom stereocenters. The number of nitrogens with zero attached hydrogens (tertiary/aromatic N) is 2. The smallest absolute Gasteiger partial charge is 0.258 e. The number of amides is 1. The topological polar surface area (TPSA) is 51.7 Å². The second-order valence-corrected chi connectivity index (χ2v) is 5.19. The molecule has 5 nitrogen and oxygen atoms in total. The van der Waals surface area contributed by atoms with Crippen LogP contribution in [0.5, 0.6) is 5.88 Å². The second kappa shape index (κ2) is 6.58. The number of hydrogen-bond donors (Lipinski definition) is 0. The molecule has 2 heterocycles. The Kier molecular flexibility index (Phi) is 4.34. The van der Waals surface area contributed by atoms with Crippen LogP contribution in [0.3, 0.4) is 0 Å². The summed E-state index contributed by atoms with van der Waals surface area (Å²) in [5.74, 6) is 0.365. The molecule has 0 bridgehead atoms. The minimum absolute atomic E-state index is 0.0182. The Morgan fingerprint density at radius 3 is 2.86 bits per heavy atom. The van der Waals surface area contributed by atoms with Crippen molar-refractivity contribution in [2.24, 2.45) is 0 Å². The number of pyridine rings is 1. The molecular weight excluding hydrogens is 280 g/mol. The molecule has 5 heteroatoms. The molecule has 114 valence electrons. The van der Waals surface area contributed by atoms with Gasteiger partial charge in [0.1, 0.15) is 6.10 Å². The zero-order valence-electron chi connectivity index (χ0n) is 12.4. The van der Waals surface area contributed by atoms with Crippen molar-refractivity contribution in [3.05, 3.63) is 54.2 Å². The quantitative estimate of drug-likeness (QED) is 0.870. The van der Waals surface area contributed by atoms with Crippen LogP contribution in [0.1, 0.15) is 16.8 Å². The van der Waals surface area contributed by atoms with Gasteiger partial charge in [0.25, 0.3) is 5.91 Å². The van der Waals surface area contributed by atoms with Gasteiger partial charge in [-0.05, 0) is 18.2 Å². The van der Waals surface area contributed by atoms with Crippen LogP contribution in [0, 0.1) is 0 Å². The minimum Gasteiger partial charge on any atom is -0.472 e. The predicted molar refractivity (Wildman–Crippen MR) is 83.3 cm³/mol. The summed E-state index contributed by atoms with van der Waals surface area (Å²) in [6, 6.07) is 12.9. The first kappa shape index (κ1) is 14.5. The number of benzene rings is 1. The molecule has 1 aliphatic heterocycles. The van der Waals surface area contributed by atoms with Crippen molar-refractivity contribution in [1.82, 2.24) is 4.98 Å². The lowest BCUT2D eigenvalue weighted by atomic mass is 10.2. The van der Waals surface area contributed by atoms with Crippen LogP contribution in [0.25, 0.3) is 0 Å². The third-order valence-corrected chi connectivity index (χ3v) is 3.61. The highest BCUT2D eigenvalue weighted by atomic mass is 16.5. The molecule has 0 aliphatic carbocycles. The van der Waals surface area contributed by atoms with Gasteiger partial charge in [-0.2, -0.15) is 0 Å². The number of carbonyl (C=O) groups is 1. The fourth-order valence-corrected chi connectivity index (χ4v) is 2.35. The van der Waals surface area contributed by atoms with E-state index in [2.05, 4.69) is 4.98 Å². The molecule has 1 aliphatic rings. The van der Waals surface area contributed by atoms with Gasteiger partial charge in [-0.1, -0.05) is 18.2 Å². The van der Waals surface area contributed by atoms with Gasteiger partial charge in [0, 0.05) is 37.0 Å². The summed E-state index contributed by atoms with van der Waals surface area (Å²) in [6.07, 6.45) is 2.46. The molecule has 0 spiro atoms. The van der Waals surface area contributed by atoms with E-state index in [0.29, 0.717) is 24.7 Å². The number of carbonyl (C=O) groups excluding carboxylic acids is 1. The first-order valence-electron chi connectivity index (χ1n) is 7.27. The normalized spacial score (nSPS) is 17.2. The van der Waals surface area contributed by atoms with Gasteiger partial charge in [0.2, 0.25) is 5.88 Å². The summed E-state index contributed by atoms with van der Waals surface area (Å²) >= 11 is 0. The number of ether oxygens (including phenoxy) is 2. The van der Waals surface area contributed by atoms with E-state index in [1.54, 1.807) is 30.3 Å². The molecule has 1 amide bonds. The summed E-state index contributed by atoms with van der Waals surface area (Å²) in [4.78, 5) is 18.3. The first-order valence-corrected chi connectivity index (χ1v) is 7.27. The lowest BCUT2D eigenvalue weighted by Crippen LogP contribution is -2.26. The Balaban J connectivity index is 1.74. The van der Waals surface area contributed by atoms with E-state index in [-0.39, 0.29) is 12.0 Å². The number of aromatic nitrogens is 1. The molecule has 0 N–H and O–H groups in total. The maximum atomic E-state index is 12.6. The molecule has 1 saturated heterocycles. The number of para-hydroxylation sites is 1. The van der Waals surface area contributed by atoms with Crippen LogP contribution in [0.15, 0.2) is 48.7 Å². The standard InChI is InChI=1S/C17H18N2O3/c1-19(14-5-3-2-4-6-14)17(20)13-7-9-18-16(11-13)22-15-8-10-21-12-15/h2-7,9,11,15H,8,10,12H2,1H3. The van der Waals surface area contributed by atoms with Crippen molar-refractivity contribution in [2.45, 2.75) is 12.5 Å². The van der Waals surface area contributed by atoms with E-state index in [9.17, 15) is 4.79 Å². The van der Waals surface area contributed by atoms with E-state index >= 15 is 0 Å². The van der Waals surface area contributed by atoms with Gasteiger partial charge in [0.15, 0.2) is 0 Å². The van der Waals surface area contributed by atoms with Crippen molar-refractivity contribution >= 4 is 11.6 Å². The van der Waals surface area contributed by atoms with Gasteiger partial charge in [-0.25, -0.2) is 4.98 Å². The highest BCUT2D eigenvalue weighted by Crippen LogP contribution is 2.19. The summed E-state index contributed by atoms with van der Waals surface area (Å²) < 4.78 is 11.0. The fourth-order valence-electron chi connectivity index (χ4n) is 2.35. The van der Waals surface area contributed by atoms with Crippen LogP contribution < -0.4 is 9.64 Å². The third kappa shape index (κ3) is 3.26. The maximum absolute atomic E-state index is 12.6. The fraction of sp³-hybridized carbons (Fsp3) is 0.294. The molecule has 3 rings (SSSR count). The molecular formula is C17H18N2O3. The van der Waals surface area contributed by atoms with Gasteiger partial charge in [-0.15, -0.1) is 0 Å². The van der Waals surface area contributed by atoms with E-state index in [1.165, 1.54) is 0 Å². The zero-order chi connectivity index (χ0) is 15.4. The van der Waals surface area contributed by atoms with Crippen LogP contribution in [0.2, 0.25) is 0 Å². The van der Waals surface area contributed by atoms with Crippen molar-refractivity contribution < 1.29 is 14.3 Å². The largest absolute Gasteiger partial charge is 0.472 e. The summed E-state index contributed by atoms with van der Waals surface area (Å²) in [5.41, 5.74) is 1.39. The number of anilines is 1. The molecule has 2 aromatic rings. The first-order chi connectivity index (χ1) is 10.7. The van der Waals surface area contributed by atoms with Crippen molar-refractivity contribution in [1.29, 1.82) is 0 Å². The summed E-state index contributed by atoms with van der Waals surface area (Å²) in [6.45, 7) is 1.28. The predicted octanol–water partition coefficient (Wildman–Crippen LogP) is 2.53. The Hall–Kier alpha value is -2.40. The van der Waals surface area contributed by atoms with Crippen LogP contribution in [-0.2, 0) is 4.74 Å². The lowest BCUT2D eigenvalue weighted by molar-refractivity contribution is 0.0991. The minimum atomic E-state index is -0.0962. The van der Waals surface area contributed by atoms with Gasteiger partial charge < -0.3 is 14.4 Å². The lowest BCUT2D eigenvalue weighted by Gasteiger charge is -2.18. The number of hydrogen-bond acceptors (Lipinski definition) is 4. The number of rotatable bonds is 4. The van der Waals surface area contributed by atoms with Crippen molar-refractivity contribution in [3.8, 4) is 5.88 Å². The monoisotopic (exact) mass is 298 g/mol. The van der Waals surface area contributed by atoms with E-state index in [1.807, 2.05) is 30.3 Å². The van der Waals surface area contributed by atoms with E-state index in [0.717, 1.165) is 12.1 Å². The molecule has 1 atom stereocenters. The summed E-state index contributed by atoms with van der Waals surface area (Å²) in [7, 11) is 1.75. The van der Waals surface area contributed by atoms with Crippen molar-refractivity contribution in [3.63, 3.8) is 0 Å². The highest BCUT2D eigenvalue weighted by Gasteiger charge is 2.19. The maximum Gasteiger partial charge on any atom is 0.258 e. The van der Waals surface area contributed by atoms with Gasteiger partial charge in [-0.3, -0.25) is 4.79 Å². The molecule has 1 fully saturated rings. The average molecular weight is 298 g/mol. The molecule has 1 aromatic carbocycles. The second-order valence-electron chi connectivity index (χ2n) is 5.19. The van der Waals surface area contributed by atoms with Gasteiger partial charge >= 0.3 is 0 Å². The third-order valence-electron chi connectivity index (χ3n) is 3.61.